The number of halogens is 1. The van der Waals surface area contributed by atoms with E-state index >= 15 is 0 Å². The molecule has 0 unspecified atom stereocenters. The van der Waals surface area contributed by atoms with Crippen LogP contribution in [0.15, 0.2) is 34.2 Å². The number of nitrogens with zero attached hydrogens (tertiary/aromatic N) is 1. The average molecular weight is 452 g/mol. The summed E-state index contributed by atoms with van der Waals surface area (Å²) in [6.07, 6.45) is 2.56. The largest absolute Gasteiger partial charge is 0.356 e. The van der Waals surface area contributed by atoms with E-state index in [-0.39, 0.29) is 28.9 Å². The molecule has 1 aromatic rings. The first-order valence-electron chi connectivity index (χ1n) is 7.52. The lowest BCUT2D eigenvalue weighted by atomic mass is 10.2. The molecule has 1 aliphatic rings. The summed E-state index contributed by atoms with van der Waals surface area (Å²) in [6.45, 7) is 3.64. The second-order valence-electron chi connectivity index (χ2n) is 5.53. The third kappa shape index (κ3) is 7.05. The molecule has 1 aromatic carbocycles. The van der Waals surface area contributed by atoms with Crippen LogP contribution in [-0.4, -0.2) is 41.1 Å². The number of hydrogen-bond donors (Lipinski definition) is 3. The van der Waals surface area contributed by atoms with E-state index in [1.165, 1.54) is 12.8 Å². The Labute approximate surface area is 155 Å². The van der Waals surface area contributed by atoms with Gasteiger partial charge in [-0.3, -0.25) is 4.99 Å². The van der Waals surface area contributed by atoms with Crippen molar-refractivity contribution in [2.24, 2.45) is 10.9 Å². The molecule has 0 aliphatic heterocycles. The fourth-order valence-electron chi connectivity index (χ4n) is 1.95. The molecule has 8 heteroatoms. The molecule has 6 nitrogen and oxygen atoms in total. The summed E-state index contributed by atoms with van der Waals surface area (Å²) >= 11 is 0. The van der Waals surface area contributed by atoms with E-state index in [9.17, 15) is 8.42 Å². The van der Waals surface area contributed by atoms with Crippen molar-refractivity contribution in [3.63, 3.8) is 0 Å². The van der Waals surface area contributed by atoms with Crippen LogP contribution in [0.5, 0.6) is 0 Å². The van der Waals surface area contributed by atoms with Crippen LogP contribution in [-0.2, 0) is 10.0 Å². The van der Waals surface area contributed by atoms with Crippen molar-refractivity contribution in [2.75, 3.05) is 26.7 Å². The molecule has 0 radical (unpaired) electrons. The van der Waals surface area contributed by atoms with Crippen LogP contribution >= 0.6 is 24.0 Å². The summed E-state index contributed by atoms with van der Waals surface area (Å²) in [4.78, 5) is 4.39. The van der Waals surface area contributed by atoms with Crippen LogP contribution < -0.4 is 15.4 Å². The Morgan fingerprint density at radius 2 is 1.83 bits per heavy atom. The molecule has 2 rings (SSSR count). The summed E-state index contributed by atoms with van der Waals surface area (Å²) < 4.78 is 26.8. The quantitative estimate of drug-likeness (QED) is 0.253. The number of guanidine groups is 1. The zero-order chi connectivity index (χ0) is 16.0. The molecule has 130 valence electrons. The second kappa shape index (κ2) is 9.43. The number of aryl methyl sites for hydroxylation is 1. The first kappa shape index (κ1) is 20.2. The van der Waals surface area contributed by atoms with Crippen LogP contribution in [0.3, 0.4) is 0 Å². The van der Waals surface area contributed by atoms with Gasteiger partial charge < -0.3 is 10.6 Å². The van der Waals surface area contributed by atoms with Crippen molar-refractivity contribution >= 4 is 40.0 Å². The Balaban J connectivity index is 0.00000264. The molecule has 0 aromatic heterocycles. The molecule has 0 spiro atoms. The van der Waals surface area contributed by atoms with Gasteiger partial charge in [0.15, 0.2) is 5.96 Å². The van der Waals surface area contributed by atoms with Gasteiger partial charge in [-0.1, -0.05) is 17.7 Å². The molecule has 0 amide bonds. The van der Waals surface area contributed by atoms with Crippen molar-refractivity contribution in [1.29, 1.82) is 0 Å². The molecule has 1 aliphatic carbocycles. The lowest BCUT2D eigenvalue weighted by Crippen LogP contribution is -2.42. The lowest BCUT2D eigenvalue weighted by Gasteiger charge is -2.12. The highest BCUT2D eigenvalue weighted by molar-refractivity contribution is 14.0. The van der Waals surface area contributed by atoms with Crippen molar-refractivity contribution in [1.82, 2.24) is 15.4 Å². The van der Waals surface area contributed by atoms with E-state index in [4.69, 9.17) is 0 Å². The first-order valence-corrected chi connectivity index (χ1v) is 9.00. The van der Waals surface area contributed by atoms with E-state index in [1.54, 1.807) is 31.3 Å². The molecule has 0 saturated heterocycles. The van der Waals surface area contributed by atoms with Crippen molar-refractivity contribution < 1.29 is 8.42 Å². The number of hydrogen-bond acceptors (Lipinski definition) is 3. The van der Waals surface area contributed by atoms with Gasteiger partial charge in [0.1, 0.15) is 0 Å². The topological polar surface area (TPSA) is 82.6 Å². The highest BCUT2D eigenvalue weighted by Gasteiger charge is 2.21. The van der Waals surface area contributed by atoms with Gasteiger partial charge in [-0.25, -0.2) is 13.1 Å². The highest BCUT2D eigenvalue weighted by Crippen LogP contribution is 2.27. The first-order chi connectivity index (χ1) is 10.5. The number of nitrogens with one attached hydrogen (secondary N) is 3. The number of aliphatic imine (C=N–C) groups is 1. The van der Waals surface area contributed by atoms with Crippen LogP contribution in [0.25, 0.3) is 0 Å². The lowest BCUT2D eigenvalue weighted by molar-refractivity contribution is 0.580. The van der Waals surface area contributed by atoms with Crippen LogP contribution in [0.4, 0.5) is 0 Å². The minimum atomic E-state index is -3.45. The third-order valence-corrected chi connectivity index (χ3v) is 5.00. The van der Waals surface area contributed by atoms with Gasteiger partial charge >= 0.3 is 0 Å². The van der Waals surface area contributed by atoms with Crippen molar-refractivity contribution in [3.05, 3.63) is 29.8 Å². The minimum Gasteiger partial charge on any atom is -0.356 e. The van der Waals surface area contributed by atoms with Gasteiger partial charge in [-0.2, -0.15) is 0 Å². The number of sulfonamides is 1. The molecule has 1 fully saturated rings. The molecular weight excluding hydrogens is 427 g/mol. The number of rotatable bonds is 7. The fraction of sp³-hybridized carbons (Fsp3) is 0.533. The van der Waals surface area contributed by atoms with Crippen LogP contribution in [0.1, 0.15) is 18.4 Å². The van der Waals surface area contributed by atoms with E-state index in [0.717, 1.165) is 18.0 Å². The summed E-state index contributed by atoms with van der Waals surface area (Å²) in [5.41, 5.74) is 1.03. The maximum Gasteiger partial charge on any atom is 0.240 e. The van der Waals surface area contributed by atoms with Gasteiger partial charge in [0, 0.05) is 26.7 Å². The second-order valence-corrected chi connectivity index (χ2v) is 7.30. The molecule has 0 atom stereocenters. The third-order valence-electron chi connectivity index (χ3n) is 3.52. The average Bonchev–Trinajstić information content (AvgIpc) is 3.31. The van der Waals surface area contributed by atoms with E-state index < -0.39 is 10.0 Å². The van der Waals surface area contributed by atoms with Gasteiger partial charge in [0.05, 0.1) is 4.90 Å². The highest BCUT2D eigenvalue weighted by atomic mass is 127. The standard InChI is InChI=1S/C15H24N4O2S.HI/c1-12-3-7-14(8-4-12)22(20,21)19-10-9-17-15(16-2)18-11-13-5-6-13;/h3-4,7-8,13,19H,5-6,9-11H2,1-2H3,(H2,16,17,18);1H. The smallest absolute Gasteiger partial charge is 0.240 e. The summed E-state index contributed by atoms with van der Waals surface area (Å²) in [5.74, 6) is 1.47. The van der Waals surface area contributed by atoms with Gasteiger partial charge in [0.25, 0.3) is 0 Å². The molecule has 0 bridgehead atoms. The number of benzene rings is 1. The van der Waals surface area contributed by atoms with Crippen LogP contribution in [0, 0.1) is 12.8 Å². The summed E-state index contributed by atoms with van der Waals surface area (Å²) in [6, 6.07) is 6.80. The van der Waals surface area contributed by atoms with E-state index in [1.807, 2.05) is 6.92 Å². The Morgan fingerprint density at radius 3 is 2.39 bits per heavy atom. The Bertz CT molecular complexity index is 613. The predicted octanol–water partition coefficient (Wildman–Crippen LogP) is 1.47. The zero-order valence-electron chi connectivity index (χ0n) is 13.5. The normalized spacial score (nSPS) is 15.0. The SMILES string of the molecule is CN=C(NCCNS(=O)(=O)c1ccc(C)cc1)NCC1CC1.I. The van der Waals surface area contributed by atoms with E-state index in [2.05, 4.69) is 20.3 Å². The van der Waals surface area contributed by atoms with Crippen LogP contribution in [0.2, 0.25) is 0 Å². The Morgan fingerprint density at radius 1 is 1.17 bits per heavy atom. The zero-order valence-corrected chi connectivity index (χ0v) is 16.6. The molecule has 0 heterocycles. The molecule has 3 N–H and O–H groups in total. The van der Waals surface area contributed by atoms with Crippen molar-refractivity contribution in [3.8, 4) is 0 Å². The maximum atomic E-state index is 12.1. The Hall–Kier alpha value is -0.870. The monoisotopic (exact) mass is 452 g/mol. The van der Waals surface area contributed by atoms with E-state index in [0.29, 0.717) is 19.0 Å². The summed E-state index contributed by atoms with van der Waals surface area (Å²) in [5, 5.41) is 6.33. The van der Waals surface area contributed by atoms with Crippen molar-refractivity contribution in [2.45, 2.75) is 24.7 Å². The maximum absolute atomic E-state index is 12.1. The van der Waals surface area contributed by atoms with Gasteiger partial charge in [0.2, 0.25) is 10.0 Å². The molecule has 23 heavy (non-hydrogen) atoms. The minimum absolute atomic E-state index is 0. The molecular formula is C15H25IN4O2S. The molecule has 1 saturated carbocycles. The van der Waals surface area contributed by atoms with Gasteiger partial charge in [-0.05, 0) is 37.8 Å². The summed E-state index contributed by atoms with van der Waals surface area (Å²) in [7, 11) is -1.74. The fourth-order valence-corrected chi connectivity index (χ4v) is 2.98. The van der Waals surface area contributed by atoms with Gasteiger partial charge in [-0.15, -0.1) is 24.0 Å². The predicted molar refractivity (Wildman–Crippen MR) is 104 cm³/mol. The Kier molecular flexibility index (Phi) is 8.27.